The topological polar surface area (TPSA) is 111 Å². The fourth-order valence-electron chi connectivity index (χ4n) is 1.91. The second kappa shape index (κ2) is 8.97. The fraction of sp³-hybridized carbons (Fsp3) is 0.111. The number of benzene rings is 2. The molecule has 0 bridgehead atoms. The van der Waals surface area contributed by atoms with Gasteiger partial charge in [0.25, 0.3) is 17.5 Å². The van der Waals surface area contributed by atoms with E-state index in [0.29, 0.717) is 11.3 Å². The highest BCUT2D eigenvalue weighted by atomic mass is 16.6. The first-order chi connectivity index (χ1) is 12.4. The maximum Gasteiger partial charge on any atom is 0.276 e. The second-order valence-electron chi connectivity index (χ2n) is 5.32. The number of amides is 2. The molecule has 0 radical (unpaired) electrons. The molecule has 8 nitrogen and oxygen atoms in total. The monoisotopic (exact) mass is 355 g/mol. The van der Waals surface area contributed by atoms with Crippen molar-refractivity contribution in [2.45, 2.75) is 6.92 Å². The minimum Gasteiger partial charge on any atom is -0.484 e. The third kappa shape index (κ3) is 6.08. The van der Waals surface area contributed by atoms with Crippen molar-refractivity contribution in [2.75, 3.05) is 6.61 Å². The van der Waals surface area contributed by atoms with Gasteiger partial charge in [0.2, 0.25) is 0 Å². The molecule has 0 atom stereocenters. The molecule has 0 unspecified atom stereocenters. The highest BCUT2D eigenvalue weighted by Gasteiger charge is 2.05. The lowest BCUT2D eigenvalue weighted by Crippen LogP contribution is -2.43. The number of carbonyl (C=O) groups is 2. The van der Waals surface area contributed by atoms with Gasteiger partial charge in [-0.2, -0.15) is 0 Å². The summed E-state index contributed by atoms with van der Waals surface area (Å²) in [5.41, 5.74) is 5.89. The summed E-state index contributed by atoms with van der Waals surface area (Å²) in [6.07, 6.45) is 2.55. The van der Waals surface area contributed by atoms with Crippen LogP contribution in [-0.2, 0) is 9.59 Å². The van der Waals surface area contributed by atoms with Crippen molar-refractivity contribution in [2.24, 2.45) is 0 Å². The van der Waals surface area contributed by atoms with E-state index >= 15 is 0 Å². The number of rotatable bonds is 6. The van der Waals surface area contributed by atoms with E-state index in [0.717, 1.165) is 11.6 Å². The number of nitrogens with zero attached hydrogens (tertiary/aromatic N) is 1. The van der Waals surface area contributed by atoms with Gasteiger partial charge in [0.05, 0.1) is 4.92 Å². The molecule has 0 aromatic heterocycles. The number of ether oxygens (including phenoxy) is 1. The number of hydrogen-bond acceptors (Lipinski definition) is 5. The van der Waals surface area contributed by atoms with Crippen molar-refractivity contribution in [3.8, 4) is 5.75 Å². The van der Waals surface area contributed by atoms with Gasteiger partial charge in [0.15, 0.2) is 6.61 Å². The molecule has 2 aromatic carbocycles. The largest absolute Gasteiger partial charge is 0.484 e. The molecule has 26 heavy (non-hydrogen) atoms. The Balaban J connectivity index is 1.77. The summed E-state index contributed by atoms with van der Waals surface area (Å²) in [7, 11) is 0. The fourth-order valence-corrected chi connectivity index (χ4v) is 1.91. The van der Waals surface area contributed by atoms with Crippen molar-refractivity contribution in [1.82, 2.24) is 10.9 Å². The molecule has 0 aliphatic rings. The smallest absolute Gasteiger partial charge is 0.276 e. The second-order valence-corrected chi connectivity index (χ2v) is 5.32. The molecule has 2 aromatic rings. The Morgan fingerprint density at radius 1 is 1.15 bits per heavy atom. The van der Waals surface area contributed by atoms with Crippen LogP contribution >= 0.6 is 0 Å². The van der Waals surface area contributed by atoms with Crippen molar-refractivity contribution in [3.05, 3.63) is 75.8 Å². The molecule has 8 heteroatoms. The number of aryl methyl sites for hydroxylation is 1. The summed E-state index contributed by atoms with van der Waals surface area (Å²) in [5.74, 6) is -0.564. The van der Waals surface area contributed by atoms with Crippen LogP contribution in [0.15, 0.2) is 54.6 Å². The maximum absolute atomic E-state index is 11.7. The number of hydrogen-bond donors (Lipinski definition) is 2. The highest BCUT2D eigenvalue weighted by molar-refractivity contribution is 5.93. The van der Waals surface area contributed by atoms with Crippen LogP contribution in [0.2, 0.25) is 0 Å². The van der Waals surface area contributed by atoms with Crippen LogP contribution < -0.4 is 15.6 Å². The average Bonchev–Trinajstić information content (AvgIpc) is 2.64. The first-order valence-electron chi connectivity index (χ1n) is 7.65. The Hall–Kier alpha value is -3.68. The molecule has 0 fully saturated rings. The van der Waals surface area contributed by atoms with Crippen LogP contribution in [0.1, 0.15) is 11.1 Å². The molecule has 2 N–H and O–H groups in total. The summed E-state index contributed by atoms with van der Waals surface area (Å²) in [5, 5.41) is 10.7. The summed E-state index contributed by atoms with van der Waals surface area (Å²) in [6, 6.07) is 13.0. The number of nitro benzene ring substituents is 1. The van der Waals surface area contributed by atoms with E-state index < -0.39 is 16.7 Å². The normalized spacial score (nSPS) is 10.3. The van der Waals surface area contributed by atoms with Gasteiger partial charge in [0.1, 0.15) is 5.75 Å². The molecule has 0 aliphatic heterocycles. The van der Waals surface area contributed by atoms with Gasteiger partial charge in [-0.05, 0) is 30.7 Å². The van der Waals surface area contributed by atoms with Crippen LogP contribution in [0.5, 0.6) is 5.75 Å². The van der Waals surface area contributed by atoms with Crippen LogP contribution in [0, 0.1) is 17.0 Å². The zero-order valence-electron chi connectivity index (χ0n) is 14.0. The van der Waals surface area contributed by atoms with E-state index in [1.54, 1.807) is 18.2 Å². The van der Waals surface area contributed by atoms with E-state index in [-0.39, 0.29) is 12.3 Å². The lowest BCUT2D eigenvalue weighted by atomic mass is 10.2. The Morgan fingerprint density at radius 2 is 1.88 bits per heavy atom. The van der Waals surface area contributed by atoms with Gasteiger partial charge in [-0.15, -0.1) is 0 Å². The molecule has 0 saturated carbocycles. The lowest BCUT2D eigenvalue weighted by Gasteiger charge is -2.07. The van der Waals surface area contributed by atoms with E-state index in [1.807, 2.05) is 19.1 Å². The van der Waals surface area contributed by atoms with Gasteiger partial charge >= 0.3 is 0 Å². The lowest BCUT2D eigenvalue weighted by molar-refractivity contribution is -0.384. The minimum absolute atomic E-state index is 0.0749. The predicted octanol–water partition coefficient (Wildman–Crippen LogP) is 2.14. The molecule has 2 rings (SSSR count). The molecule has 0 spiro atoms. The molecule has 134 valence electrons. The summed E-state index contributed by atoms with van der Waals surface area (Å²) in [4.78, 5) is 33.5. The number of hydrazine groups is 1. The maximum atomic E-state index is 11.7. The third-order valence-electron chi connectivity index (χ3n) is 3.22. The van der Waals surface area contributed by atoms with E-state index in [1.165, 1.54) is 24.3 Å². The molecule has 0 saturated heterocycles. The first kappa shape index (κ1) is 18.7. The van der Waals surface area contributed by atoms with Crippen LogP contribution in [0.4, 0.5) is 5.69 Å². The van der Waals surface area contributed by atoms with Gasteiger partial charge in [-0.25, -0.2) is 0 Å². The van der Waals surface area contributed by atoms with E-state index in [2.05, 4.69) is 10.9 Å². The quantitative estimate of drug-likeness (QED) is 0.468. The molecular formula is C18H17N3O5. The predicted molar refractivity (Wildman–Crippen MR) is 95.1 cm³/mol. The Labute approximate surface area is 149 Å². The molecule has 0 aliphatic carbocycles. The summed E-state index contributed by atoms with van der Waals surface area (Å²) in [6.45, 7) is 1.69. The number of non-ortho nitro benzene ring substituents is 1. The van der Waals surface area contributed by atoms with Crippen molar-refractivity contribution in [1.29, 1.82) is 0 Å². The van der Waals surface area contributed by atoms with E-state index in [9.17, 15) is 19.7 Å². The third-order valence-corrected chi connectivity index (χ3v) is 3.22. The number of carbonyl (C=O) groups excluding carboxylic acids is 2. The molecule has 0 heterocycles. The highest BCUT2D eigenvalue weighted by Crippen LogP contribution is 2.14. The minimum atomic E-state index is -0.583. The summed E-state index contributed by atoms with van der Waals surface area (Å²) >= 11 is 0. The van der Waals surface area contributed by atoms with Gasteiger partial charge < -0.3 is 4.74 Å². The summed E-state index contributed by atoms with van der Waals surface area (Å²) < 4.78 is 5.27. The SMILES string of the molecule is Cc1ccc(OCC(=O)NNC(=O)/C=C/c2cccc([N+](=O)[O-])c2)cc1. The van der Waals surface area contributed by atoms with Crippen LogP contribution in [0.25, 0.3) is 6.08 Å². The van der Waals surface area contributed by atoms with Gasteiger partial charge in [0, 0.05) is 18.2 Å². The Morgan fingerprint density at radius 3 is 2.58 bits per heavy atom. The van der Waals surface area contributed by atoms with Gasteiger partial charge in [-0.3, -0.25) is 30.6 Å². The van der Waals surface area contributed by atoms with Crippen LogP contribution in [0.3, 0.4) is 0 Å². The van der Waals surface area contributed by atoms with Crippen molar-refractivity contribution >= 4 is 23.6 Å². The molecule has 2 amide bonds. The van der Waals surface area contributed by atoms with Crippen molar-refractivity contribution in [3.63, 3.8) is 0 Å². The zero-order valence-corrected chi connectivity index (χ0v) is 14.0. The standard InChI is InChI=1S/C18H17N3O5/c1-13-5-8-16(9-6-13)26-12-18(23)20-19-17(22)10-7-14-3-2-4-15(11-14)21(24)25/h2-11H,12H2,1H3,(H,19,22)(H,20,23)/b10-7+. The first-order valence-corrected chi connectivity index (χ1v) is 7.65. The van der Waals surface area contributed by atoms with Crippen LogP contribution in [-0.4, -0.2) is 23.3 Å². The zero-order chi connectivity index (χ0) is 18.9. The number of nitro groups is 1. The number of nitrogens with one attached hydrogen (secondary N) is 2. The average molecular weight is 355 g/mol. The van der Waals surface area contributed by atoms with E-state index in [4.69, 9.17) is 4.74 Å². The Bertz CT molecular complexity index is 831. The van der Waals surface area contributed by atoms with Crippen molar-refractivity contribution < 1.29 is 19.2 Å². The van der Waals surface area contributed by atoms with Gasteiger partial charge in [-0.1, -0.05) is 29.8 Å². The Kier molecular flexibility index (Phi) is 6.44. The molecular weight excluding hydrogens is 338 g/mol.